The fourth-order valence-corrected chi connectivity index (χ4v) is 5.53. The standard InChI is InChI=1S/C28H39N3O4S/c1-20(2)25-12-8-9-13-26(25)31(36(5,34)35)19-27(32)30(18-23-16-14-21(3)15-17-23)22(4)28(33)29-24-10-6-7-11-24/h8-9,12-17,20,22,24H,6-7,10-11,18-19H2,1-5H3,(H,29,33)/t22-/m0/s1. The summed E-state index contributed by atoms with van der Waals surface area (Å²) in [6.07, 6.45) is 5.17. The first-order chi connectivity index (χ1) is 17.0. The van der Waals surface area contributed by atoms with Crippen molar-refractivity contribution >= 4 is 27.5 Å². The van der Waals surface area contributed by atoms with E-state index in [1.807, 2.05) is 57.2 Å². The van der Waals surface area contributed by atoms with Crippen molar-refractivity contribution < 1.29 is 18.0 Å². The summed E-state index contributed by atoms with van der Waals surface area (Å²) in [5.74, 6) is -0.565. The summed E-state index contributed by atoms with van der Waals surface area (Å²) in [6.45, 7) is 7.50. The van der Waals surface area contributed by atoms with Crippen LogP contribution in [0, 0.1) is 6.92 Å². The van der Waals surface area contributed by atoms with Gasteiger partial charge in [0.05, 0.1) is 11.9 Å². The average Bonchev–Trinajstić information content (AvgIpc) is 3.33. The topological polar surface area (TPSA) is 86.8 Å². The number of aryl methyl sites for hydroxylation is 1. The summed E-state index contributed by atoms with van der Waals surface area (Å²) < 4.78 is 26.9. The second-order valence-corrected chi connectivity index (χ2v) is 12.1. The Balaban J connectivity index is 1.92. The van der Waals surface area contributed by atoms with E-state index >= 15 is 0 Å². The predicted octanol–water partition coefficient (Wildman–Crippen LogP) is 4.36. The number of para-hydroxylation sites is 1. The number of anilines is 1. The van der Waals surface area contributed by atoms with E-state index in [1.54, 1.807) is 19.1 Å². The molecule has 3 rings (SSSR count). The Labute approximate surface area is 215 Å². The smallest absolute Gasteiger partial charge is 0.244 e. The summed E-state index contributed by atoms with van der Waals surface area (Å²) >= 11 is 0. The van der Waals surface area contributed by atoms with Gasteiger partial charge in [0.1, 0.15) is 12.6 Å². The molecule has 2 aromatic rings. The SMILES string of the molecule is Cc1ccc(CN(C(=O)CN(c2ccccc2C(C)C)S(C)(=O)=O)[C@@H](C)C(=O)NC2CCCC2)cc1. The molecule has 36 heavy (non-hydrogen) atoms. The third-order valence-corrected chi connectivity index (χ3v) is 7.98. The van der Waals surface area contributed by atoms with E-state index in [1.165, 1.54) is 4.90 Å². The molecule has 0 radical (unpaired) electrons. The zero-order valence-electron chi connectivity index (χ0n) is 22.0. The van der Waals surface area contributed by atoms with Crippen LogP contribution in [0.2, 0.25) is 0 Å². The molecule has 0 aliphatic heterocycles. The normalized spacial score (nSPS) is 15.1. The highest BCUT2D eigenvalue weighted by molar-refractivity contribution is 7.92. The molecule has 2 aromatic carbocycles. The molecule has 0 saturated heterocycles. The molecule has 1 aliphatic rings. The summed E-state index contributed by atoms with van der Waals surface area (Å²) in [6, 6.07) is 14.4. The van der Waals surface area contributed by atoms with Crippen molar-refractivity contribution in [2.75, 3.05) is 17.1 Å². The van der Waals surface area contributed by atoms with Crippen molar-refractivity contribution in [3.05, 3.63) is 65.2 Å². The molecular formula is C28H39N3O4S. The van der Waals surface area contributed by atoms with Crippen LogP contribution in [0.5, 0.6) is 0 Å². The third kappa shape index (κ3) is 7.09. The van der Waals surface area contributed by atoms with Gasteiger partial charge in [0.25, 0.3) is 0 Å². The third-order valence-electron chi connectivity index (χ3n) is 6.85. The number of nitrogens with zero attached hydrogens (tertiary/aromatic N) is 2. The highest BCUT2D eigenvalue weighted by atomic mass is 32.2. The highest BCUT2D eigenvalue weighted by Gasteiger charge is 2.32. The number of rotatable bonds is 10. The van der Waals surface area contributed by atoms with Gasteiger partial charge in [-0.05, 0) is 49.8 Å². The van der Waals surface area contributed by atoms with Gasteiger partial charge < -0.3 is 10.2 Å². The number of amides is 2. The molecule has 1 aliphatic carbocycles. The van der Waals surface area contributed by atoms with Crippen LogP contribution in [-0.2, 0) is 26.2 Å². The maximum Gasteiger partial charge on any atom is 0.244 e. The molecular weight excluding hydrogens is 474 g/mol. The summed E-state index contributed by atoms with van der Waals surface area (Å²) in [5.41, 5.74) is 3.30. The molecule has 0 aromatic heterocycles. The van der Waals surface area contributed by atoms with E-state index in [2.05, 4.69) is 5.32 Å². The van der Waals surface area contributed by atoms with E-state index < -0.39 is 22.0 Å². The Morgan fingerprint density at radius 1 is 1.00 bits per heavy atom. The lowest BCUT2D eigenvalue weighted by Gasteiger charge is -2.32. The molecule has 1 saturated carbocycles. The quantitative estimate of drug-likeness (QED) is 0.511. The number of carbonyl (C=O) groups excluding carboxylic acids is 2. The van der Waals surface area contributed by atoms with Gasteiger partial charge in [-0.3, -0.25) is 13.9 Å². The van der Waals surface area contributed by atoms with Gasteiger partial charge in [-0.2, -0.15) is 0 Å². The van der Waals surface area contributed by atoms with E-state index in [-0.39, 0.29) is 31.0 Å². The molecule has 7 nitrogen and oxygen atoms in total. The fourth-order valence-electron chi connectivity index (χ4n) is 4.66. The van der Waals surface area contributed by atoms with Gasteiger partial charge in [-0.15, -0.1) is 0 Å². The van der Waals surface area contributed by atoms with Gasteiger partial charge in [-0.1, -0.05) is 74.7 Å². The van der Waals surface area contributed by atoms with Crippen molar-refractivity contribution in [3.63, 3.8) is 0 Å². The van der Waals surface area contributed by atoms with Crippen molar-refractivity contribution in [2.45, 2.75) is 77.9 Å². The van der Waals surface area contributed by atoms with Gasteiger partial charge >= 0.3 is 0 Å². The van der Waals surface area contributed by atoms with Crippen LogP contribution in [0.25, 0.3) is 0 Å². The van der Waals surface area contributed by atoms with Gasteiger partial charge in [0.15, 0.2) is 0 Å². The minimum absolute atomic E-state index is 0.0697. The lowest BCUT2D eigenvalue weighted by Crippen LogP contribution is -2.52. The Bertz CT molecular complexity index is 1160. The Morgan fingerprint density at radius 2 is 1.61 bits per heavy atom. The summed E-state index contributed by atoms with van der Waals surface area (Å²) in [4.78, 5) is 28.4. The molecule has 0 spiro atoms. The molecule has 1 fully saturated rings. The van der Waals surface area contributed by atoms with Crippen LogP contribution in [-0.4, -0.2) is 50.0 Å². The zero-order valence-corrected chi connectivity index (χ0v) is 22.8. The van der Waals surface area contributed by atoms with E-state index in [0.717, 1.165) is 52.9 Å². The Hall–Kier alpha value is -2.87. The van der Waals surface area contributed by atoms with Crippen LogP contribution in [0.15, 0.2) is 48.5 Å². The maximum absolute atomic E-state index is 13.7. The lowest BCUT2D eigenvalue weighted by molar-refractivity contribution is -0.139. The van der Waals surface area contributed by atoms with Crippen molar-refractivity contribution in [1.29, 1.82) is 0 Å². The minimum atomic E-state index is -3.76. The molecule has 0 unspecified atom stereocenters. The molecule has 8 heteroatoms. The lowest BCUT2D eigenvalue weighted by atomic mass is 10.0. The molecule has 0 bridgehead atoms. The van der Waals surface area contributed by atoms with E-state index in [0.29, 0.717) is 5.69 Å². The molecule has 0 heterocycles. The summed E-state index contributed by atoms with van der Waals surface area (Å²) in [5, 5.41) is 3.08. The second kappa shape index (κ2) is 11.9. The molecule has 2 amide bonds. The van der Waals surface area contributed by atoms with E-state index in [4.69, 9.17) is 0 Å². The van der Waals surface area contributed by atoms with Crippen LogP contribution in [0.1, 0.15) is 69.1 Å². The molecule has 1 atom stereocenters. The second-order valence-electron chi connectivity index (χ2n) is 10.2. The van der Waals surface area contributed by atoms with Crippen molar-refractivity contribution in [1.82, 2.24) is 10.2 Å². The predicted molar refractivity (Wildman–Crippen MR) is 144 cm³/mol. The first-order valence-corrected chi connectivity index (χ1v) is 14.5. The number of sulfonamides is 1. The van der Waals surface area contributed by atoms with Crippen LogP contribution < -0.4 is 9.62 Å². The molecule has 196 valence electrons. The first kappa shape index (κ1) is 27.7. The fraction of sp³-hybridized carbons (Fsp3) is 0.500. The van der Waals surface area contributed by atoms with Gasteiger partial charge in [0.2, 0.25) is 21.8 Å². The first-order valence-electron chi connectivity index (χ1n) is 12.7. The monoisotopic (exact) mass is 513 g/mol. The Kier molecular flexibility index (Phi) is 9.17. The van der Waals surface area contributed by atoms with Gasteiger partial charge in [0, 0.05) is 12.6 Å². The zero-order chi connectivity index (χ0) is 26.5. The van der Waals surface area contributed by atoms with Crippen molar-refractivity contribution in [2.24, 2.45) is 0 Å². The number of carbonyl (C=O) groups is 2. The number of nitrogens with one attached hydrogen (secondary N) is 1. The minimum Gasteiger partial charge on any atom is -0.352 e. The number of benzene rings is 2. The van der Waals surface area contributed by atoms with Crippen LogP contribution in [0.3, 0.4) is 0 Å². The number of hydrogen-bond donors (Lipinski definition) is 1. The molecule has 1 N–H and O–H groups in total. The van der Waals surface area contributed by atoms with Crippen molar-refractivity contribution in [3.8, 4) is 0 Å². The van der Waals surface area contributed by atoms with Crippen LogP contribution in [0.4, 0.5) is 5.69 Å². The average molecular weight is 514 g/mol. The Morgan fingerprint density at radius 3 is 2.19 bits per heavy atom. The van der Waals surface area contributed by atoms with Gasteiger partial charge in [-0.25, -0.2) is 8.42 Å². The summed E-state index contributed by atoms with van der Waals surface area (Å²) in [7, 11) is -3.76. The highest BCUT2D eigenvalue weighted by Crippen LogP contribution is 2.29. The van der Waals surface area contributed by atoms with E-state index in [9.17, 15) is 18.0 Å². The number of hydrogen-bond acceptors (Lipinski definition) is 4. The van der Waals surface area contributed by atoms with Crippen LogP contribution >= 0.6 is 0 Å². The largest absolute Gasteiger partial charge is 0.352 e. The maximum atomic E-state index is 13.7.